The molecule has 0 bridgehead atoms. The lowest BCUT2D eigenvalue weighted by molar-refractivity contribution is -0.176. The van der Waals surface area contributed by atoms with Crippen LogP contribution in [0.1, 0.15) is 44.6 Å². The summed E-state index contributed by atoms with van der Waals surface area (Å²) >= 11 is 0. The molecule has 3 rings (SSSR count). The molecule has 1 aromatic rings. The number of halogens is 2. The summed E-state index contributed by atoms with van der Waals surface area (Å²) in [6, 6.07) is 3.45. The maximum atomic E-state index is 14.1. The molecule has 0 radical (unpaired) electrons. The molecule has 1 unspecified atom stereocenters. The topological polar surface area (TPSA) is 46.5 Å². The maximum absolute atomic E-state index is 14.1. The zero-order chi connectivity index (χ0) is 15.9. The van der Waals surface area contributed by atoms with Crippen LogP contribution in [0.3, 0.4) is 0 Å². The number of carbonyl (C=O) groups excluding carboxylic acids is 1. The summed E-state index contributed by atoms with van der Waals surface area (Å²) < 4.78 is 33.2. The van der Waals surface area contributed by atoms with Crippen LogP contribution in [-0.4, -0.2) is 16.9 Å². The zero-order valence-electron chi connectivity index (χ0n) is 12.4. The van der Waals surface area contributed by atoms with Crippen molar-refractivity contribution in [2.24, 2.45) is 5.92 Å². The van der Waals surface area contributed by atoms with E-state index in [-0.39, 0.29) is 11.5 Å². The molecule has 3 nitrogen and oxygen atoms in total. The maximum Gasteiger partial charge on any atom is 0.341 e. The van der Waals surface area contributed by atoms with E-state index in [2.05, 4.69) is 0 Å². The molecule has 1 saturated carbocycles. The van der Waals surface area contributed by atoms with E-state index in [0.717, 1.165) is 44.2 Å². The molecule has 0 amide bonds. The number of benzene rings is 1. The van der Waals surface area contributed by atoms with Crippen LogP contribution < -0.4 is 0 Å². The molecule has 1 N–H and O–H groups in total. The molecule has 1 aromatic carbocycles. The number of carbonyl (C=O) groups is 1. The van der Waals surface area contributed by atoms with Crippen LogP contribution in [0.5, 0.6) is 0 Å². The summed E-state index contributed by atoms with van der Waals surface area (Å²) in [7, 11) is 0. The minimum absolute atomic E-state index is 0.0933. The highest BCUT2D eigenvalue weighted by Crippen LogP contribution is 2.45. The third-order valence-electron chi connectivity index (χ3n) is 4.49. The Hall–Kier alpha value is -1.75. The number of hydrogen-bond donors (Lipinski definition) is 1. The van der Waals surface area contributed by atoms with Gasteiger partial charge in [0.2, 0.25) is 5.79 Å². The van der Waals surface area contributed by atoms with E-state index in [1.807, 2.05) is 0 Å². The minimum atomic E-state index is -1.80. The van der Waals surface area contributed by atoms with Crippen molar-refractivity contribution in [1.29, 1.82) is 0 Å². The normalized spacial score (nSPS) is 26.5. The molecule has 2 aliphatic rings. The van der Waals surface area contributed by atoms with Gasteiger partial charge in [-0.3, -0.25) is 0 Å². The molecule has 5 heteroatoms. The number of esters is 1. The van der Waals surface area contributed by atoms with Crippen LogP contribution in [0.2, 0.25) is 0 Å². The number of hydrogen-bond acceptors (Lipinski definition) is 3. The lowest BCUT2D eigenvalue weighted by Crippen LogP contribution is -2.31. The van der Waals surface area contributed by atoms with E-state index in [1.54, 1.807) is 0 Å². The van der Waals surface area contributed by atoms with Gasteiger partial charge in [0.15, 0.2) is 0 Å². The van der Waals surface area contributed by atoms with Crippen LogP contribution in [0.15, 0.2) is 23.8 Å². The Morgan fingerprint density at radius 2 is 1.77 bits per heavy atom. The molecule has 1 heterocycles. The van der Waals surface area contributed by atoms with Crippen molar-refractivity contribution >= 4 is 11.5 Å². The molecule has 118 valence electrons. The van der Waals surface area contributed by atoms with Crippen molar-refractivity contribution in [3.63, 3.8) is 0 Å². The zero-order valence-corrected chi connectivity index (χ0v) is 12.4. The summed E-state index contributed by atoms with van der Waals surface area (Å²) in [5, 5.41) is 10.4. The molecule has 1 aliphatic heterocycles. The Kier molecular flexibility index (Phi) is 3.77. The summed E-state index contributed by atoms with van der Waals surface area (Å²) in [4.78, 5) is 12.2. The van der Waals surface area contributed by atoms with Crippen LogP contribution >= 0.6 is 0 Å². The number of ether oxygens (including phenoxy) is 1. The van der Waals surface area contributed by atoms with Gasteiger partial charge >= 0.3 is 5.97 Å². The Balaban J connectivity index is 2.20. The SMILES string of the molecule is CC1(O)OC(=O)C(c2c(F)cccc2F)=C1C1CCCCC1. The van der Waals surface area contributed by atoms with E-state index in [0.29, 0.717) is 5.57 Å². The monoisotopic (exact) mass is 308 g/mol. The average molecular weight is 308 g/mol. The molecule has 0 saturated heterocycles. The Morgan fingerprint density at radius 3 is 2.36 bits per heavy atom. The van der Waals surface area contributed by atoms with E-state index >= 15 is 0 Å². The van der Waals surface area contributed by atoms with E-state index in [1.165, 1.54) is 13.0 Å². The first-order chi connectivity index (χ1) is 10.4. The van der Waals surface area contributed by atoms with Gasteiger partial charge in [-0.2, -0.15) is 0 Å². The third kappa shape index (κ3) is 2.43. The third-order valence-corrected chi connectivity index (χ3v) is 4.49. The quantitative estimate of drug-likeness (QED) is 0.850. The standard InChI is InChI=1S/C17H18F2O3/c1-17(21)15(10-6-3-2-4-7-10)14(16(20)22-17)13-11(18)8-5-9-12(13)19/h5,8-10,21H,2-4,6-7H2,1H3. The van der Waals surface area contributed by atoms with Crippen LogP contribution in [0.25, 0.3) is 5.57 Å². The minimum Gasteiger partial charge on any atom is -0.426 e. The van der Waals surface area contributed by atoms with Crippen molar-refractivity contribution in [1.82, 2.24) is 0 Å². The van der Waals surface area contributed by atoms with Crippen molar-refractivity contribution in [2.45, 2.75) is 44.8 Å². The predicted molar refractivity (Wildman–Crippen MR) is 76.6 cm³/mol. The molecular formula is C17H18F2O3. The van der Waals surface area contributed by atoms with Gasteiger partial charge in [-0.15, -0.1) is 0 Å². The van der Waals surface area contributed by atoms with Crippen molar-refractivity contribution in [3.05, 3.63) is 41.0 Å². The molecule has 0 spiro atoms. The first-order valence-corrected chi connectivity index (χ1v) is 7.56. The fourth-order valence-corrected chi connectivity index (χ4v) is 3.58. The van der Waals surface area contributed by atoms with Gasteiger partial charge in [0.25, 0.3) is 0 Å². The number of cyclic esters (lactones) is 1. The first-order valence-electron chi connectivity index (χ1n) is 7.56. The van der Waals surface area contributed by atoms with Gasteiger partial charge in [0.1, 0.15) is 11.6 Å². The van der Waals surface area contributed by atoms with E-state index < -0.39 is 29.0 Å². The van der Waals surface area contributed by atoms with Crippen LogP contribution in [-0.2, 0) is 9.53 Å². The molecule has 1 aliphatic carbocycles. The summed E-state index contributed by atoms with van der Waals surface area (Å²) in [5.41, 5.74) is -0.223. The summed E-state index contributed by atoms with van der Waals surface area (Å²) in [6.07, 6.45) is 4.57. The predicted octanol–water partition coefficient (Wildman–Crippen LogP) is 3.56. The van der Waals surface area contributed by atoms with E-state index in [4.69, 9.17) is 4.74 Å². The lowest BCUT2D eigenvalue weighted by atomic mass is 9.78. The molecule has 22 heavy (non-hydrogen) atoms. The van der Waals surface area contributed by atoms with E-state index in [9.17, 15) is 18.7 Å². The summed E-state index contributed by atoms with van der Waals surface area (Å²) in [6.45, 7) is 1.36. The lowest BCUT2D eigenvalue weighted by Gasteiger charge is -2.29. The first kappa shape index (κ1) is 15.2. The van der Waals surface area contributed by atoms with Gasteiger partial charge in [0.05, 0.1) is 11.1 Å². The molecule has 1 fully saturated rings. The second-order valence-electron chi connectivity index (χ2n) is 6.09. The summed E-state index contributed by atoms with van der Waals surface area (Å²) in [5.74, 6) is -4.40. The number of aliphatic hydroxyl groups is 1. The van der Waals surface area contributed by atoms with Crippen LogP contribution in [0, 0.1) is 17.6 Å². The smallest absolute Gasteiger partial charge is 0.341 e. The average Bonchev–Trinajstić information content (AvgIpc) is 2.69. The van der Waals surface area contributed by atoms with Gasteiger partial charge in [-0.1, -0.05) is 25.3 Å². The molecule has 0 aromatic heterocycles. The largest absolute Gasteiger partial charge is 0.426 e. The highest BCUT2D eigenvalue weighted by atomic mass is 19.1. The highest BCUT2D eigenvalue weighted by molar-refractivity contribution is 6.20. The van der Waals surface area contributed by atoms with Crippen molar-refractivity contribution in [2.75, 3.05) is 0 Å². The highest BCUT2D eigenvalue weighted by Gasteiger charge is 2.47. The second kappa shape index (κ2) is 5.47. The molecular weight excluding hydrogens is 290 g/mol. The second-order valence-corrected chi connectivity index (χ2v) is 6.09. The van der Waals surface area contributed by atoms with Gasteiger partial charge < -0.3 is 9.84 Å². The van der Waals surface area contributed by atoms with Gasteiger partial charge in [0, 0.05) is 12.5 Å². The fraction of sp³-hybridized carbons (Fsp3) is 0.471. The van der Waals surface area contributed by atoms with Crippen molar-refractivity contribution in [3.8, 4) is 0 Å². The number of rotatable bonds is 2. The van der Waals surface area contributed by atoms with Gasteiger partial charge in [-0.25, -0.2) is 13.6 Å². The van der Waals surface area contributed by atoms with Gasteiger partial charge in [-0.05, 0) is 30.9 Å². The Labute approximate surface area is 127 Å². The van der Waals surface area contributed by atoms with Crippen LogP contribution in [0.4, 0.5) is 8.78 Å². The van der Waals surface area contributed by atoms with Crippen molar-refractivity contribution < 1.29 is 23.4 Å². The Bertz CT molecular complexity index is 623. The Morgan fingerprint density at radius 1 is 1.18 bits per heavy atom. The molecule has 1 atom stereocenters. The fourth-order valence-electron chi connectivity index (χ4n) is 3.58.